The molecular formula is C10H14ClN. The molecule has 1 nitrogen and oxygen atoms in total. The maximum atomic E-state index is 2.34. The van der Waals surface area contributed by atoms with Crippen molar-refractivity contribution in [1.29, 1.82) is 0 Å². The van der Waals surface area contributed by atoms with E-state index in [9.17, 15) is 0 Å². The molecule has 66 valence electrons. The van der Waals surface area contributed by atoms with Gasteiger partial charge >= 0.3 is 0 Å². The number of likely N-dealkylation sites (N-methyl/N-ethyl adjacent to an activating group) is 1. The summed E-state index contributed by atoms with van der Waals surface area (Å²) in [6, 6.07) is 9.30. The molecule has 1 aromatic carbocycles. The van der Waals surface area contributed by atoms with E-state index < -0.39 is 0 Å². The number of nitrogens with zero attached hydrogens (tertiary/aromatic N) is 1. The van der Waals surface area contributed by atoms with Crippen molar-refractivity contribution in [3.63, 3.8) is 0 Å². The first-order valence-electron chi connectivity index (χ1n) is 4.10. The number of halogens is 1. The molecule has 0 fully saturated rings. The van der Waals surface area contributed by atoms with Gasteiger partial charge in [0.1, 0.15) is 0 Å². The van der Waals surface area contributed by atoms with Crippen LogP contribution >= 0.6 is 12.4 Å². The molecule has 1 heterocycles. The first kappa shape index (κ1) is 9.40. The van der Waals surface area contributed by atoms with Crippen LogP contribution in [0.3, 0.4) is 0 Å². The van der Waals surface area contributed by atoms with Crippen LogP contribution < -0.4 is 4.90 Å². The third kappa shape index (κ3) is 1.29. The maximum absolute atomic E-state index is 2.34. The highest BCUT2D eigenvalue weighted by atomic mass is 35.5. The fraction of sp³-hybridized carbons (Fsp3) is 0.400. The number of hydrogen-bond donors (Lipinski definition) is 0. The standard InChI is InChI=1S/C10H13N.ClH/c1-8-7-9-5-3-4-6-10(9)11(8)2;/h3-6,8H,7H2,1-2H3;1H. The van der Waals surface area contributed by atoms with E-state index in [1.54, 1.807) is 0 Å². The summed E-state index contributed by atoms with van der Waals surface area (Å²) >= 11 is 0. The van der Waals surface area contributed by atoms with Gasteiger partial charge in [0.15, 0.2) is 0 Å². The fourth-order valence-electron chi connectivity index (χ4n) is 1.72. The van der Waals surface area contributed by atoms with Gasteiger partial charge in [-0.15, -0.1) is 12.4 Å². The Bertz CT molecular complexity index is 272. The summed E-state index contributed by atoms with van der Waals surface area (Å²) in [6.45, 7) is 2.26. The minimum Gasteiger partial charge on any atom is -0.371 e. The Labute approximate surface area is 79.8 Å². The molecule has 1 aliphatic heterocycles. The molecule has 0 spiro atoms. The number of benzene rings is 1. The Kier molecular flexibility index (Phi) is 2.63. The van der Waals surface area contributed by atoms with Crippen LogP contribution in [0.25, 0.3) is 0 Å². The van der Waals surface area contributed by atoms with Crippen molar-refractivity contribution in [2.24, 2.45) is 0 Å². The molecule has 0 aromatic heterocycles. The van der Waals surface area contributed by atoms with Crippen LogP contribution in [0.5, 0.6) is 0 Å². The zero-order valence-electron chi connectivity index (χ0n) is 7.45. The summed E-state index contributed by atoms with van der Waals surface area (Å²) < 4.78 is 0. The summed E-state index contributed by atoms with van der Waals surface area (Å²) in [5.41, 5.74) is 2.89. The zero-order chi connectivity index (χ0) is 7.84. The summed E-state index contributed by atoms with van der Waals surface area (Å²) in [5.74, 6) is 0. The lowest BCUT2D eigenvalue weighted by atomic mass is 10.1. The molecule has 0 aliphatic carbocycles. The highest BCUT2D eigenvalue weighted by Crippen LogP contribution is 2.29. The number of rotatable bonds is 0. The molecule has 1 atom stereocenters. The van der Waals surface area contributed by atoms with Gasteiger partial charge in [0.05, 0.1) is 0 Å². The van der Waals surface area contributed by atoms with E-state index >= 15 is 0 Å². The first-order chi connectivity index (χ1) is 5.29. The van der Waals surface area contributed by atoms with Gasteiger partial charge in [-0.05, 0) is 25.0 Å². The van der Waals surface area contributed by atoms with Crippen LogP contribution in [0.15, 0.2) is 24.3 Å². The van der Waals surface area contributed by atoms with Gasteiger partial charge in [-0.2, -0.15) is 0 Å². The Hall–Kier alpha value is -0.690. The molecule has 1 aliphatic rings. The van der Waals surface area contributed by atoms with Gasteiger partial charge in [0, 0.05) is 18.8 Å². The van der Waals surface area contributed by atoms with Crippen molar-refractivity contribution in [2.45, 2.75) is 19.4 Å². The number of anilines is 1. The van der Waals surface area contributed by atoms with E-state index in [4.69, 9.17) is 0 Å². The van der Waals surface area contributed by atoms with Crippen molar-refractivity contribution < 1.29 is 0 Å². The van der Waals surface area contributed by atoms with Gasteiger partial charge < -0.3 is 4.90 Å². The van der Waals surface area contributed by atoms with Crippen molar-refractivity contribution >= 4 is 18.1 Å². The molecule has 2 heteroatoms. The SMILES string of the molecule is CC1Cc2ccccc2N1C.Cl. The van der Waals surface area contributed by atoms with Crippen LogP contribution in [0, 0.1) is 0 Å². The largest absolute Gasteiger partial charge is 0.371 e. The molecule has 2 rings (SSSR count). The summed E-state index contributed by atoms with van der Waals surface area (Å²) in [5, 5.41) is 0. The van der Waals surface area contributed by atoms with Gasteiger partial charge in [-0.1, -0.05) is 18.2 Å². The molecule has 1 aromatic rings. The second-order valence-corrected chi connectivity index (χ2v) is 3.29. The van der Waals surface area contributed by atoms with Crippen molar-refractivity contribution in [1.82, 2.24) is 0 Å². The molecule has 1 unspecified atom stereocenters. The van der Waals surface area contributed by atoms with E-state index in [0.29, 0.717) is 6.04 Å². The summed E-state index contributed by atoms with van der Waals surface area (Å²) in [7, 11) is 2.16. The molecule has 12 heavy (non-hydrogen) atoms. The fourth-order valence-corrected chi connectivity index (χ4v) is 1.72. The quantitative estimate of drug-likeness (QED) is 0.598. The summed E-state index contributed by atoms with van der Waals surface area (Å²) in [6.07, 6.45) is 1.20. The Morgan fingerprint density at radius 3 is 2.67 bits per heavy atom. The smallest absolute Gasteiger partial charge is 0.0399 e. The van der Waals surface area contributed by atoms with E-state index in [0.717, 1.165) is 0 Å². The van der Waals surface area contributed by atoms with Gasteiger partial charge in [0.25, 0.3) is 0 Å². The van der Waals surface area contributed by atoms with Crippen molar-refractivity contribution in [3.8, 4) is 0 Å². The Morgan fingerprint density at radius 2 is 2.00 bits per heavy atom. The number of para-hydroxylation sites is 1. The molecule has 0 saturated heterocycles. The predicted octanol–water partition coefficient (Wildman–Crippen LogP) is 2.49. The van der Waals surface area contributed by atoms with Gasteiger partial charge in [-0.3, -0.25) is 0 Å². The number of hydrogen-bond acceptors (Lipinski definition) is 1. The third-order valence-corrected chi connectivity index (χ3v) is 2.55. The Morgan fingerprint density at radius 1 is 1.33 bits per heavy atom. The van der Waals surface area contributed by atoms with E-state index in [-0.39, 0.29) is 12.4 Å². The molecule has 0 N–H and O–H groups in total. The molecule has 0 bridgehead atoms. The second kappa shape index (κ2) is 3.36. The summed E-state index contributed by atoms with van der Waals surface area (Å²) in [4.78, 5) is 2.34. The van der Waals surface area contributed by atoms with Crippen molar-refractivity contribution in [3.05, 3.63) is 29.8 Å². The maximum Gasteiger partial charge on any atom is 0.0399 e. The van der Waals surface area contributed by atoms with E-state index in [1.807, 2.05) is 0 Å². The first-order valence-corrected chi connectivity index (χ1v) is 4.10. The molecule has 0 amide bonds. The number of fused-ring (bicyclic) bond motifs is 1. The Balaban J connectivity index is 0.000000720. The van der Waals surface area contributed by atoms with Crippen LogP contribution in [0.4, 0.5) is 5.69 Å². The predicted molar refractivity (Wildman–Crippen MR) is 55.3 cm³/mol. The van der Waals surface area contributed by atoms with Crippen LogP contribution in [0.2, 0.25) is 0 Å². The normalized spacial score (nSPS) is 20.2. The minimum absolute atomic E-state index is 0. The lowest BCUT2D eigenvalue weighted by Gasteiger charge is -2.17. The van der Waals surface area contributed by atoms with Gasteiger partial charge in [0.2, 0.25) is 0 Å². The zero-order valence-corrected chi connectivity index (χ0v) is 8.27. The molecule has 0 saturated carbocycles. The van der Waals surface area contributed by atoms with Crippen LogP contribution in [-0.4, -0.2) is 13.1 Å². The molecule has 0 radical (unpaired) electrons. The minimum atomic E-state index is 0. The molecular weight excluding hydrogens is 170 g/mol. The lowest BCUT2D eigenvalue weighted by molar-refractivity contribution is 0.732. The van der Waals surface area contributed by atoms with Crippen LogP contribution in [-0.2, 0) is 6.42 Å². The average Bonchev–Trinajstić information content (AvgIpc) is 2.30. The van der Waals surface area contributed by atoms with Crippen molar-refractivity contribution in [2.75, 3.05) is 11.9 Å². The third-order valence-electron chi connectivity index (χ3n) is 2.55. The topological polar surface area (TPSA) is 3.24 Å². The van der Waals surface area contributed by atoms with E-state index in [1.165, 1.54) is 17.7 Å². The highest BCUT2D eigenvalue weighted by Gasteiger charge is 2.21. The van der Waals surface area contributed by atoms with E-state index in [2.05, 4.69) is 43.1 Å². The van der Waals surface area contributed by atoms with Gasteiger partial charge in [-0.25, -0.2) is 0 Å². The lowest BCUT2D eigenvalue weighted by Crippen LogP contribution is -2.23. The monoisotopic (exact) mass is 183 g/mol. The van der Waals surface area contributed by atoms with Crippen LogP contribution in [0.1, 0.15) is 12.5 Å². The average molecular weight is 184 g/mol. The highest BCUT2D eigenvalue weighted by molar-refractivity contribution is 5.85. The second-order valence-electron chi connectivity index (χ2n) is 3.29.